The smallest absolute Gasteiger partial charge is 0.413 e. The third-order valence-electron chi connectivity index (χ3n) is 6.03. The molecule has 0 spiro atoms. The average molecular weight is 477 g/mol. The molecule has 176 valence electrons. The third-order valence-corrected chi connectivity index (χ3v) is 6.32. The van der Waals surface area contributed by atoms with Gasteiger partial charge in [0.25, 0.3) is 5.91 Å². The number of anilines is 2. The van der Waals surface area contributed by atoms with Crippen molar-refractivity contribution in [3.8, 4) is 0 Å². The minimum Gasteiger partial charge on any atom is -0.444 e. The zero-order chi connectivity index (χ0) is 23.9. The summed E-state index contributed by atoms with van der Waals surface area (Å²) in [6.07, 6.45) is 1.88. The zero-order valence-electron chi connectivity index (χ0n) is 18.6. The molecule has 2 fully saturated rings. The number of halogens is 2. The summed E-state index contributed by atoms with van der Waals surface area (Å²) in [7, 11) is 0. The lowest BCUT2D eigenvalue weighted by molar-refractivity contribution is -0.117. The number of hydrogen-bond donors (Lipinski definition) is 3. The van der Waals surface area contributed by atoms with Gasteiger partial charge in [0.15, 0.2) is 0 Å². The maximum Gasteiger partial charge on any atom is 0.413 e. The van der Waals surface area contributed by atoms with Crippen LogP contribution in [0.2, 0.25) is 5.02 Å². The Hall–Kier alpha value is -2.94. The molecule has 2 saturated carbocycles. The van der Waals surface area contributed by atoms with Crippen LogP contribution in [0.3, 0.4) is 0 Å². The van der Waals surface area contributed by atoms with Crippen LogP contribution in [-0.2, 0) is 9.53 Å². The van der Waals surface area contributed by atoms with Crippen LogP contribution in [0.1, 0.15) is 68.4 Å². The van der Waals surface area contributed by atoms with Gasteiger partial charge in [-0.1, -0.05) is 11.6 Å². The van der Waals surface area contributed by atoms with Crippen molar-refractivity contribution >= 4 is 40.9 Å². The summed E-state index contributed by atoms with van der Waals surface area (Å²) in [6.45, 7) is 5.19. The van der Waals surface area contributed by atoms with Gasteiger partial charge in [0.2, 0.25) is 0 Å². The second-order valence-corrected chi connectivity index (χ2v) is 10.1. The molecule has 2 aliphatic carbocycles. The van der Waals surface area contributed by atoms with E-state index in [1.165, 1.54) is 12.1 Å². The quantitative estimate of drug-likeness (QED) is 0.556. The van der Waals surface area contributed by atoms with Crippen molar-refractivity contribution in [2.75, 3.05) is 10.6 Å². The fourth-order valence-electron chi connectivity index (χ4n) is 4.75. The molecule has 33 heavy (non-hydrogen) atoms. The summed E-state index contributed by atoms with van der Waals surface area (Å²) < 4.78 is 18.8. The Morgan fingerprint density at radius 2 is 1.85 bits per heavy atom. The average Bonchev–Trinajstić information content (AvgIpc) is 3.35. The molecule has 1 aromatic carbocycles. The van der Waals surface area contributed by atoms with Crippen molar-refractivity contribution in [1.29, 1.82) is 0 Å². The molecule has 0 radical (unpaired) electrons. The lowest BCUT2D eigenvalue weighted by Crippen LogP contribution is -2.28. The number of carbonyl (C=O) groups excluding carboxylic acids is 3. The molecule has 2 aliphatic rings. The monoisotopic (exact) mass is 476 g/mol. The van der Waals surface area contributed by atoms with E-state index in [1.54, 1.807) is 20.8 Å². The maximum atomic E-state index is 13.5. The number of nitrogens with one attached hydrogen (secondary N) is 3. The Morgan fingerprint density at radius 1 is 1.18 bits per heavy atom. The third kappa shape index (κ3) is 5.19. The fraction of sp³-hybridized carbons (Fsp3) is 0.478. The van der Waals surface area contributed by atoms with Gasteiger partial charge < -0.3 is 10.1 Å². The molecule has 0 saturated heterocycles. The van der Waals surface area contributed by atoms with E-state index in [4.69, 9.17) is 16.3 Å². The van der Waals surface area contributed by atoms with E-state index in [0.29, 0.717) is 24.2 Å². The number of hydrogen-bond acceptors (Lipinski definition) is 5. The molecule has 4 rings (SSSR count). The normalized spacial score (nSPS) is 22.2. The molecular weight excluding hydrogens is 451 g/mol. The Morgan fingerprint density at radius 3 is 2.45 bits per heavy atom. The van der Waals surface area contributed by atoms with Crippen molar-refractivity contribution < 1.29 is 23.5 Å². The second-order valence-electron chi connectivity index (χ2n) is 9.70. The molecule has 8 nitrogen and oxygen atoms in total. The first-order valence-electron chi connectivity index (χ1n) is 10.9. The number of H-pyrrole nitrogens is 1. The van der Waals surface area contributed by atoms with Crippen molar-refractivity contribution in [2.24, 2.45) is 11.8 Å². The molecule has 2 aromatic rings. The number of fused-ring (bicyclic) bond motifs is 1. The number of benzene rings is 1. The van der Waals surface area contributed by atoms with Gasteiger partial charge in [-0.25, -0.2) is 9.18 Å². The molecule has 10 heteroatoms. The summed E-state index contributed by atoms with van der Waals surface area (Å²) >= 11 is 5.84. The SMILES string of the molecule is CC(C)(C)OC(=O)Nc1[nH]nc(C2CC3CC(=O)CC3C2)c1C(=O)Nc1ccc(F)c(Cl)c1. The maximum absolute atomic E-state index is 13.5. The minimum atomic E-state index is -0.731. The van der Waals surface area contributed by atoms with Crippen LogP contribution < -0.4 is 10.6 Å². The summed E-state index contributed by atoms with van der Waals surface area (Å²) in [4.78, 5) is 37.4. The number of aromatic amines is 1. The summed E-state index contributed by atoms with van der Waals surface area (Å²) in [5.74, 6) is -0.196. The van der Waals surface area contributed by atoms with Crippen LogP contribution in [0.5, 0.6) is 0 Å². The van der Waals surface area contributed by atoms with E-state index < -0.39 is 23.4 Å². The largest absolute Gasteiger partial charge is 0.444 e. The highest BCUT2D eigenvalue weighted by Gasteiger charge is 2.43. The number of ketones is 1. The zero-order valence-corrected chi connectivity index (χ0v) is 19.4. The van der Waals surface area contributed by atoms with Crippen LogP contribution >= 0.6 is 11.6 Å². The molecule has 0 bridgehead atoms. The highest BCUT2D eigenvalue weighted by Crippen LogP contribution is 2.50. The van der Waals surface area contributed by atoms with Gasteiger partial charge >= 0.3 is 6.09 Å². The van der Waals surface area contributed by atoms with Gasteiger partial charge in [-0.15, -0.1) is 0 Å². The Balaban J connectivity index is 1.62. The van der Waals surface area contributed by atoms with Crippen LogP contribution in [0.4, 0.5) is 20.7 Å². The van der Waals surface area contributed by atoms with Crippen molar-refractivity contribution in [3.05, 3.63) is 40.3 Å². The van der Waals surface area contributed by atoms with E-state index in [2.05, 4.69) is 20.8 Å². The van der Waals surface area contributed by atoms with Crippen LogP contribution in [0, 0.1) is 17.7 Å². The molecule has 2 atom stereocenters. The molecule has 1 aromatic heterocycles. The standard InChI is InChI=1S/C23H26ClFN4O4/c1-23(2,3)33-22(32)27-20-18(21(31)26-14-4-5-17(25)16(24)10-14)19(28-29-20)13-6-11-8-15(30)9-12(11)7-13/h4-5,10-13H,6-9H2,1-3H3,(H,26,31)(H2,27,28,29,32). The minimum absolute atomic E-state index is 0.0314. The van der Waals surface area contributed by atoms with Crippen LogP contribution in [-0.4, -0.2) is 33.6 Å². The summed E-state index contributed by atoms with van der Waals surface area (Å²) in [5.41, 5.74) is 0.275. The summed E-state index contributed by atoms with van der Waals surface area (Å²) in [5, 5.41) is 12.3. The van der Waals surface area contributed by atoms with Gasteiger partial charge in [0, 0.05) is 24.4 Å². The van der Waals surface area contributed by atoms with Gasteiger partial charge in [-0.2, -0.15) is 5.10 Å². The number of rotatable bonds is 4. The number of nitrogens with zero attached hydrogens (tertiary/aromatic N) is 1. The number of Topliss-reactive ketones (excluding diaryl/α,β-unsaturated/α-hetero) is 1. The predicted octanol–water partition coefficient (Wildman–Crippen LogP) is 5.27. The highest BCUT2D eigenvalue weighted by molar-refractivity contribution is 6.31. The lowest BCUT2D eigenvalue weighted by atomic mass is 9.96. The highest BCUT2D eigenvalue weighted by atomic mass is 35.5. The second kappa shape index (κ2) is 8.78. The fourth-order valence-corrected chi connectivity index (χ4v) is 4.93. The van der Waals surface area contributed by atoms with Crippen molar-refractivity contribution in [1.82, 2.24) is 10.2 Å². The van der Waals surface area contributed by atoms with Crippen LogP contribution in [0.25, 0.3) is 0 Å². The van der Waals surface area contributed by atoms with E-state index in [0.717, 1.165) is 18.9 Å². The number of aromatic nitrogens is 2. The first-order chi connectivity index (χ1) is 15.5. The van der Waals surface area contributed by atoms with Gasteiger partial charge in [-0.3, -0.25) is 20.0 Å². The molecule has 3 N–H and O–H groups in total. The Bertz CT molecular complexity index is 1090. The number of amides is 2. The number of carbonyl (C=O) groups is 3. The first kappa shape index (κ1) is 23.2. The van der Waals surface area contributed by atoms with Crippen molar-refractivity contribution in [2.45, 2.75) is 58.0 Å². The number of ether oxygens (including phenoxy) is 1. The van der Waals surface area contributed by atoms with Crippen LogP contribution in [0.15, 0.2) is 18.2 Å². The van der Waals surface area contributed by atoms with E-state index in [9.17, 15) is 18.8 Å². The molecule has 2 unspecified atom stereocenters. The van der Waals surface area contributed by atoms with Gasteiger partial charge in [0.1, 0.15) is 28.6 Å². The molecule has 0 aliphatic heterocycles. The Labute approximate surface area is 195 Å². The van der Waals surface area contributed by atoms with E-state index in [-0.39, 0.29) is 39.9 Å². The van der Waals surface area contributed by atoms with E-state index in [1.807, 2.05) is 0 Å². The van der Waals surface area contributed by atoms with Gasteiger partial charge in [-0.05, 0) is 63.6 Å². The first-order valence-corrected chi connectivity index (χ1v) is 11.2. The molecule has 2 amide bonds. The Kier molecular flexibility index (Phi) is 6.18. The van der Waals surface area contributed by atoms with Gasteiger partial charge in [0.05, 0.1) is 10.7 Å². The molecular formula is C23H26ClFN4O4. The van der Waals surface area contributed by atoms with E-state index >= 15 is 0 Å². The lowest BCUT2D eigenvalue weighted by Gasteiger charge is -2.19. The van der Waals surface area contributed by atoms with Crippen molar-refractivity contribution in [3.63, 3.8) is 0 Å². The predicted molar refractivity (Wildman–Crippen MR) is 121 cm³/mol. The summed E-state index contributed by atoms with van der Waals surface area (Å²) in [6, 6.07) is 3.86. The molecule has 1 heterocycles. The topological polar surface area (TPSA) is 113 Å².